The summed E-state index contributed by atoms with van der Waals surface area (Å²) in [6.07, 6.45) is 1.61. The van der Waals surface area contributed by atoms with Crippen molar-refractivity contribution in [2.75, 3.05) is 12.4 Å². The van der Waals surface area contributed by atoms with Crippen LogP contribution in [0.15, 0.2) is 36.5 Å². The summed E-state index contributed by atoms with van der Waals surface area (Å²) in [4.78, 5) is 8.10. The number of anilines is 1. The predicted molar refractivity (Wildman–Crippen MR) is 67.4 cm³/mol. The van der Waals surface area contributed by atoms with E-state index in [0.717, 1.165) is 11.3 Å². The van der Waals surface area contributed by atoms with Gasteiger partial charge in [0.1, 0.15) is 10.9 Å². The SMILES string of the molecule is COc1cccc(CNc2nccc(Cl)n2)c1. The second kappa shape index (κ2) is 5.50. The van der Waals surface area contributed by atoms with Crippen LogP contribution in [0.1, 0.15) is 5.56 Å². The highest BCUT2D eigenvalue weighted by atomic mass is 35.5. The highest BCUT2D eigenvalue weighted by molar-refractivity contribution is 6.29. The van der Waals surface area contributed by atoms with Gasteiger partial charge in [0.2, 0.25) is 5.95 Å². The van der Waals surface area contributed by atoms with Crippen molar-refractivity contribution in [2.45, 2.75) is 6.54 Å². The molecular weight excluding hydrogens is 238 g/mol. The molecule has 0 atom stereocenters. The van der Waals surface area contributed by atoms with Gasteiger partial charge in [0.25, 0.3) is 0 Å². The van der Waals surface area contributed by atoms with Crippen molar-refractivity contribution in [3.05, 3.63) is 47.2 Å². The topological polar surface area (TPSA) is 47.0 Å². The van der Waals surface area contributed by atoms with E-state index in [2.05, 4.69) is 15.3 Å². The summed E-state index contributed by atoms with van der Waals surface area (Å²) in [5.74, 6) is 1.34. The monoisotopic (exact) mass is 249 g/mol. The largest absolute Gasteiger partial charge is 0.497 e. The third-order valence-corrected chi connectivity index (χ3v) is 2.42. The standard InChI is InChI=1S/C12H12ClN3O/c1-17-10-4-2-3-9(7-10)8-15-12-14-6-5-11(13)16-12/h2-7H,8H2,1H3,(H,14,15,16). The fourth-order valence-corrected chi connectivity index (χ4v) is 1.52. The van der Waals surface area contributed by atoms with Gasteiger partial charge in [0.15, 0.2) is 0 Å². The molecule has 1 N–H and O–H groups in total. The first-order chi connectivity index (χ1) is 8.28. The van der Waals surface area contributed by atoms with Crippen LogP contribution < -0.4 is 10.1 Å². The van der Waals surface area contributed by atoms with Crippen molar-refractivity contribution in [3.8, 4) is 5.75 Å². The Kier molecular flexibility index (Phi) is 3.77. The predicted octanol–water partition coefficient (Wildman–Crippen LogP) is 2.75. The molecule has 0 aliphatic rings. The minimum Gasteiger partial charge on any atom is -0.497 e. The molecule has 0 fully saturated rings. The first-order valence-corrected chi connectivity index (χ1v) is 5.51. The van der Waals surface area contributed by atoms with Crippen LogP contribution >= 0.6 is 11.6 Å². The van der Waals surface area contributed by atoms with Crippen molar-refractivity contribution in [2.24, 2.45) is 0 Å². The van der Waals surface area contributed by atoms with Crippen molar-refractivity contribution in [1.82, 2.24) is 9.97 Å². The van der Waals surface area contributed by atoms with Crippen molar-refractivity contribution < 1.29 is 4.74 Å². The summed E-state index contributed by atoms with van der Waals surface area (Å²) in [6, 6.07) is 9.43. The second-order valence-corrected chi connectivity index (χ2v) is 3.80. The minimum absolute atomic E-state index is 0.424. The molecule has 0 saturated heterocycles. The molecule has 0 aliphatic carbocycles. The molecular formula is C12H12ClN3O. The fourth-order valence-electron chi connectivity index (χ4n) is 1.39. The Morgan fingerprint density at radius 2 is 2.24 bits per heavy atom. The number of hydrogen-bond donors (Lipinski definition) is 1. The Morgan fingerprint density at radius 3 is 3.00 bits per heavy atom. The minimum atomic E-state index is 0.424. The third kappa shape index (κ3) is 3.32. The van der Waals surface area contributed by atoms with Crippen molar-refractivity contribution >= 4 is 17.5 Å². The molecule has 2 rings (SSSR count). The zero-order chi connectivity index (χ0) is 12.1. The molecule has 0 bridgehead atoms. The van der Waals surface area contributed by atoms with Crippen LogP contribution in [0.3, 0.4) is 0 Å². The quantitative estimate of drug-likeness (QED) is 0.847. The fraction of sp³-hybridized carbons (Fsp3) is 0.167. The van der Waals surface area contributed by atoms with Gasteiger partial charge in [-0.15, -0.1) is 0 Å². The Morgan fingerprint density at radius 1 is 1.35 bits per heavy atom. The summed E-state index contributed by atoms with van der Waals surface area (Å²) in [7, 11) is 1.65. The first-order valence-electron chi connectivity index (χ1n) is 5.13. The van der Waals surface area contributed by atoms with Gasteiger partial charge in [-0.05, 0) is 23.8 Å². The van der Waals surface area contributed by atoms with Crippen LogP contribution in [0.25, 0.3) is 0 Å². The lowest BCUT2D eigenvalue weighted by atomic mass is 10.2. The number of aromatic nitrogens is 2. The van der Waals surface area contributed by atoms with Crippen LogP contribution in [0.4, 0.5) is 5.95 Å². The molecule has 5 heteroatoms. The second-order valence-electron chi connectivity index (χ2n) is 3.41. The van der Waals surface area contributed by atoms with E-state index >= 15 is 0 Å². The van der Waals surface area contributed by atoms with Crippen LogP contribution in [0, 0.1) is 0 Å². The van der Waals surface area contributed by atoms with Gasteiger partial charge in [0, 0.05) is 12.7 Å². The van der Waals surface area contributed by atoms with E-state index in [0.29, 0.717) is 17.6 Å². The molecule has 17 heavy (non-hydrogen) atoms. The highest BCUT2D eigenvalue weighted by Gasteiger charge is 1.99. The zero-order valence-corrected chi connectivity index (χ0v) is 10.1. The molecule has 88 valence electrons. The summed E-state index contributed by atoms with van der Waals surface area (Å²) < 4.78 is 5.15. The Balaban J connectivity index is 2.02. The lowest BCUT2D eigenvalue weighted by molar-refractivity contribution is 0.414. The maximum Gasteiger partial charge on any atom is 0.224 e. The molecule has 0 saturated carbocycles. The number of benzene rings is 1. The van der Waals surface area contributed by atoms with Crippen molar-refractivity contribution in [1.29, 1.82) is 0 Å². The first kappa shape index (κ1) is 11.7. The lowest BCUT2D eigenvalue weighted by Gasteiger charge is -2.06. The third-order valence-electron chi connectivity index (χ3n) is 2.21. The molecule has 0 unspecified atom stereocenters. The van der Waals surface area contributed by atoms with E-state index in [1.165, 1.54) is 0 Å². The number of methoxy groups -OCH3 is 1. The van der Waals surface area contributed by atoms with Crippen LogP contribution in [-0.4, -0.2) is 17.1 Å². The normalized spacial score (nSPS) is 10.0. The van der Waals surface area contributed by atoms with Crippen LogP contribution in [0.2, 0.25) is 5.15 Å². The summed E-state index contributed by atoms with van der Waals surface area (Å²) >= 11 is 5.76. The molecule has 1 heterocycles. The molecule has 0 radical (unpaired) electrons. The molecule has 0 amide bonds. The molecule has 1 aromatic heterocycles. The number of nitrogens with zero attached hydrogens (tertiary/aromatic N) is 2. The van der Waals surface area contributed by atoms with E-state index in [-0.39, 0.29) is 0 Å². The van der Waals surface area contributed by atoms with E-state index < -0.39 is 0 Å². The summed E-state index contributed by atoms with van der Waals surface area (Å²) in [6.45, 7) is 0.623. The molecule has 0 aliphatic heterocycles. The van der Waals surface area contributed by atoms with Gasteiger partial charge >= 0.3 is 0 Å². The number of nitrogens with one attached hydrogen (secondary N) is 1. The number of halogens is 1. The summed E-state index contributed by atoms with van der Waals surface area (Å²) in [5, 5.41) is 3.52. The van der Waals surface area contributed by atoms with Crippen molar-refractivity contribution in [3.63, 3.8) is 0 Å². The average molecular weight is 250 g/mol. The molecule has 4 nitrogen and oxygen atoms in total. The molecule has 2 aromatic rings. The van der Waals surface area contributed by atoms with Crippen LogP contribution in [-0.2, 0) is 6.54 Å². The van der Waals surface area contributed by atoms with Gasteiger partial charge in [-0.2, -0.15) is 0 Å². The van der Waals surface area contributed by atoms with Gasteiger partial charge in [-0.3, -0.25) is 0 Å². The Hall–Kier alpha value is -1.81. The summed E-state index contributed by atoms with van der Waals surface area (Å²) in [5.41, 5.74) is 1.09. The molecule has 0 spiro atoms. The number of rotatable bonds is 4. The van der Waals surface area contributed by atoms with E-state index in [4.69, 9.17) is 16.3 Å². The van der Waals surface area contributed by atoms with Gasteiger partial charge in [0.05, 0.1) is 7.11 Å². The zero-order valence-electron chi connectivity index (χ0n) is 9.35. The lowest BCUT2D eigenvalue weighted by Crippen LogP contribution is -2.03. The smallest absolute Gasteiger partial charge is 0.224 e. The van der Waals surface area contributed by atoms with E-state index in [1.807, 2.05) is 24.3 Å². The van der Waals surface area contributed by atoms with Gasteiger partial charge in [-0.25, -0.2) is 9.97 Å². The number of ether oxygens (including phenoxy) is 1. The Labute approximate surface area is 105 Å². The van der Waals surface area contributed by atoms with Crippen LogP contribution in [0.5, 0.6) is 5.75 Å². The van der Waals surface area contributed by atoms with Gasteiger partial charge < -0.3 is 10.1 Å². The highest BCUT2D eigenvalue weighted by Crippen LogP contribution is 2.13. The van der Waals surface area contributed by atoms with E-state index in [1.54, 1.807) is 19.4 Å². The molecule has 1 aromatic carbocycles. The maximum atomic E-state index is 5.76. The van der Waals surface area contributed by atoms with E-state index in [9.17, 15) is 0 Å². The Bertz CT molecular complexity index is 505. The maximum absolute atomic E-state index is 5.76. The average Bonchev–Trinajstić information content (AvgIpc) is 2.37. The van der Waals surface area contributed by atoms with Gasteiger partial charge in [-0.1, -0.05) is 23.7 Å². The number of hydrogen-bond acceptors (Lipinski definition) is 4.